The molecule has 1 aliphatic rings. The first kappa shape index (κ1) is 14.0. The Hall–Kier alpha value is -1.97. The second-order valence-electron chi connectivity index (χ2n) is 5.31. The lowest BCUT2D eigenvalue weighted by Crippen LogP contribution is -2.45. The van der Waals surface area contributed by atoms with E-state index in [-0.39, 0.29) is 0 Å². The second kappa shape index (κ2) is 7.16. The van der Waals surface area contributed by atoms with E-state index in [1.165, 1.54) is 11.1 Å². The predicted octanol–water partition coefficient (Wildman–Crippen LogP) is 2.74. The van der Waals surface area contributed by atoms with E-state index in [1.807, 2.05) is 24.5 Å². The number of benzene rings is 1. The third-order valence-corrected chi connectivity index (χ3v) is 3.87. The molecule has 1 aliphatic heterocycles. The molecule has 0 saturated carbocycles. The highest BCUT2D eigenvalue weighted by Crippen LogP contribution is 2.21. The van der Waals surface area contributed by atoms with Crippen LogP contribution in [0.15, 0.2) is 60.9 Å². The van der Waals surface area contributed by atoms with Crippen molar-refractivity contribution in [1.29, 1.82) is 0 Å². The Morgan fingerprint density at radius 3 is 2.90 bits per heavy atom. The molecule has 1 aromatic heterocycles. The maximum Gasteiger partial charge on any atom is 0.0491 e. The number of nitrogens with one attached hydrogen (secondary N) is 1. The smallest absolute Gasteiger partial charge is 0.0491 e. The van der Waals surface area contributed by atoms with Gasteiger partial charge in [-0.3, -0.25) is 9.88 Å². The fourth-order valence-electron chi connectivity index (χ4n) is 2.75. The summed E-state index contributed by atoms with van der Waals surface area (Å²) in [7, 11) is 0. The molecule has 1 fully saturated rings. The number of rotatable bonds is 4. The zero-order valence-corrected chi connectivity index (χ0v) is 12.2. The molecule has 2 aromatic rings. The Balaban J connectivity index is 1.66. The molecule has 1 N–H and O–H groups in total. The van der Waals surface area contributed by atoms with Crippen molar-refractivity contribution < 1.29 is 0 Å². The van der Waals surface area contributed by atoms with E-state index >= 15 is 0 Å². The normalized spacial score (nSPS) is 19.9. The van der Waals surface area contributed by atoms with Gasteiger partial charge in [-0.15, -0.1) is 0 Å². The van der Waals surface area contributed by atoms with Crippen molar-refractivity contribution in [1.82, 2.24) is 15.2 Å². The lowest BCUT2D eigenvalue weighted by atomic mass is 10.1. The molecule has 0 bridgehead atoms. The summed E-state index contributed by atoms with van der Waals surface area (Å²) in [5.74, 6) is 0. The molecular weight excluding hydrogens is 258 g/mol. The number of pyridine rings is 1. The van der Waals surface area contributed by atoms with Gasteiger partial charge in [0, 0.05) is 44.6 Å². The molecule has 3 rings (SSSR count). The van der Waals surface area contributed by atoms with Gasteiger partial charge in [0.15, 0.2) is 0 Å². The third-order valence-electron chi connectivity index (χ3n) is 3.87. The van der Waals surface area contributed by atoms with E-state index in [2.05, 4.69) is 57.7 Å². The van der Waals surface area contributed by atoms with Crippen molar-refractivity contribution in [2.75, 3.05) is 26.2 Å². The van der Waals surface area contributed by atoms with Crippen LogP contribution < -0.4 is 5.32 Å². The summed E-state index contributed by atoms with van der Waals surface area (Å²) < 4.78 is 0. The van der Waals surface area contributed by atoms with Crippen LogP contribution in [-0.2, 0) is 0 Å². The SMILES string of the molecule is C(=C\c1ccccc1)/CN1CCNCC1c1cccnc1. The second-order valence-corrected chi connectivity index (χ2v) is 5.31. The average molecular weight is 279 g/mol. The third kappa shape index (κ3) is 3.78. The summed E-state index contributed by atoms with van der Waals surface area (Å²) in [4.78, 5) is 6.76. The van der Waals surface area contributed by atoms with Crippen LogP contribution in [0.25, 0.3) is 6.08 Å². The van der Waals surface area contributed by atoms with Crippen LogP contribution >= 0.6 is 0 Å². The highest BCUT2D eigenvalue weighted by Gasteiger charge is 2.22. The van der Waals surface area contributed by atoms with E-state index in [0.29, 0.717) is 6.04 Å². The van der Waals surface area contributed by atoms with Crippen molar-refractivity contribution in [3.05, 3.63) is 72.1 Å². The highest BCUT2D eigenvalue weighted by molar-refractivity contribution is 5.48. The van der Waals surface area contributed by atoms with Crippen LogP contribution in [0, 0.1) is 0 Å². The van der Waals surface area contributed by atoms with Gasteiger partial charge in [0.05, 0.1) is 0 Å². The van der Waals surface area contributed by atoms with Gasteiger partial charge in [0.25, 0.3) is 0 Å². The summed E-state index contributed by atoms with van der Waals surface area (Å²) in [6, 6.07) is 15.0. The van der Waals surface area contributed by atoms with Gasteiger partial charge in [-0.05, 0) is 17.2 Å². The van der Waals surface area contributed by atoms with Crippen LogP contribution in [0.1, 0.15) is 17.2 Å². The van der Waals surface area contributed by atoms with E-state index in [4.69, 9.17) is 0 Å². The first-order valence-corrected chi connectivity index (χ1v) is 7.50. The molecule has 0 spiro atoms. The van der Waals surface area contributed by atoms with E-state index in [9.17, 15) is 0 Å². The lowest BCUT2D eigenvalue weighted by molar-refractivity contribution is 0.180. The maximum absolute atomic E-state index is 4.25. The minimum atomic E-state index is 0.410. The Kier molecular flexibility index (Phi) is 4.77. The van der Waals surface area contributed by atoms with Gasteiger partial charge >= 0.3 is 0 Å². The number of hydrogen-bond donors (Lipinski definition) is 1. The summed E-state index contributed by atoms with van der Waals surface area (Å²) in [6.07, 6.45) is 8.26. The standard InChI is InChI=1S/C18H21N3/c1-2-6-16(7-3-1)8-5-12-21-13-11-20-15-18(21)17-9-4-10-19-14-17/h1-10,14,18,20H,11-13,15H2/b8-5+. The van der Waals surface area contributed by atoms with Crippen molar-refractivity contribution in [2.45, 2.75) is 6.04 Å². The van der Waals surface area contributed by atoms with E-state index in [0.717, 1.165) is 26.2 Å². The van der Waals surface area contributed by atoms with E-state index < -0.39 is 0 Å². The Morgan fingerprint density at radius 2 is 2.10 bits per heavy atom. The van der Waals surface area contributed by atoms with Gasteiger partial charge in [-0.25, -0.2) is 0 Å². The number of piperazine rings is 1. The molecule has 21 heavy (non-hydrogen) atoms. The molecule has 3 heteroatoms. The topological polar surface area (TPSA) is 28.2 Å². The van der Waals surface area contributed by atoms with Gasteiger partial charge in [0.2, 0.25) is 0 Å². The largest absolute Gasteiger partial charge is 0.314 e. The fourth-order valence-corrected chi connectivity index (χ4v) is 2.75. The molecule has 1 unspecified atom stereocenters. The molecule has 0 aliphatic carbocycles. The highest BCUT2D eigenvalue weighted by atomic mass is 15.2. The quantitative estimate of drug-likeness (QED) is 0.933. The van der Waals surface area contributed by atoms with Crippen LogP contribution in [0.2, 0.25) is 0 Å². The predicted molar refractivity (Wildman–Crippen MR) is 86.9 cm³/mol. The van der Waals surface area contributed by atoms with Gasteiger partial charge in [0.1, 0.15) is 0 Å². The van der Waals surface area contributed by atoms with Gasteiger partial charge in [-0.2, -0.15) is 0 Å². The van der Waals surface area contributed by atoms with Crippen LogP contribution in [0.3, 0.4) is 0 Å². The molecule has 1 aromatic carbocycles. The molecule has 2 heterocycles. The summed E-state index contributed by atoms with van der Waals surface area (Å²) in [5.41, 5.74) is 2.54. The molecule has 3 nitrogen and oxygen atoms in total. The van der Waals surface area contributed by atoms with Crippen molar-refractivity contribution in [3.8, 4) is 0 Å². The van der Waals surface area contributed by atoms with Crippen LogP contribution in [0.4, 0.5) is 0 Å². The minimum absolute atomic E-state index is 0.410. The van der Waals surface area contributed by atoms with Crippen molar-refractivity contribution in [3.63, 3.8) is 0 Å². The van der Waals surface area contributed by atoms with Gasteiger partial charge < -0.3 is 5.32 Å². The monoisotopic (exact) mass is 279 g/mol. The Bertz CT molecular complexity index is 566. The Morgan fingerprint density at radius 1 is 1.19 bits per heavy atom. The van der Waals surface area contributed by atoms with Gasteiger partial charge in [-0.1, -0.05) is 48.6 Å². The number of aromatic nitrogens is 1. The summed E-state index contributed by atoms with van der Waals surface area (Å²) in [5, 5.41) is 3.48. The zero-order chi connectivity index (χ0) is 14.3. The first-order chi connectivity index (χ1) is 10.4. The van der Waals surface area contributed by atoms with Crippen molar-refractivity contribution >= 4 is 6.08 Å². The molecule has 0 amide bonds. The number of hydrogen-bond acceptors (Lipinski definition) is 3. The zero-order valence-electron chi connectivity index (χ0n) is 12.2. The average Bonchev–Trinajstić information content (AvgIpc) is 2.57. The molecule has 0 radical (unpaired) electrons. The minimum Gasteiger partial charge on any atom is -0.314 e. The molecular formula is C18H21N3. The lowest BCUT2D eigenvalue weighted by Gasteiger charge is -2.35. The summed E-state index contributed by atoms with van der Waals surface area (Å²) in [6.45, 7) is 4.08. The van der Waals surface area contributed by atoms with Crippen molar-refractivity contribution in [2.24, 2.45) is 0 Å². The molecule has 108 valence electrons. The maximum atomic E-state index is 4.25. The van der Waals surface area contributed by atoms with Crippen LogP contribution in [-0.4, -0.2) is 36.1 Å². The van der Waals surface area contributed by atoms with E-state index in [1.54, 1.807) is 0 Å². The fraction of sp³-hybridized carbons (Fsp3) is 0.278. The summed E-state index contributed by atoms with van der Waals surface area (Å²) >= 11 is 0. The van der Waals surface area contributed by atoms with Crippen LogP contribution in [0.5, 0.6) is 0 Å². The Labute approximate surface area is 126 Å². The molecule has 1 saturated heterocycles. The first-order valence-electron chi connectivity index (χ1n) is 7.50. The number of nitrogens with zero attached hydrogens (tertiary/aromatic N) is 2. The molecule has 1 atom stereocenters.